The fraction of sp³-hybridized carbons (Fsp3) is 0.174. The average molecular weight is 401 g/mol. The Labute approximate surface area is 171 Å². The lowest BCUT2D eigenvalue weighted by Crippen LogP contribution is -2.36. The van der Waals surface area contributed by atoms with Crippen LogP contribution in [0.5, 0.6) is 0 Å². The molecule has 2 aromatic heterocycles. The molecule has 2 aromatic carbocycles. The molecule has 5 rings (SSSR count). The number of nitrogens with zero attached hydrogens (tertiary/aromatic N) is 2. The summed E-state index contributed by atoms with van der Waals surface area (Å²) in [7, 11) is 2.99. The number of hydrogen-bond acceptors (Lipinski definition) is 4. The SMILES string of the molecule is Cc1ccc(-c2c(C3C(=O)Nc4ccccc43)oc3c2c(=O)n(C)c(=O)n3C)cc1. The maximum atomic E-state index is 13.1. The Morgan fingerprint density at radius 2 is 1.63 bits per heavy atom. The highest BCUT2D eigenvalue weighted by atomic mass is 16.4. The van der Waals surface area contributed by atoms with Crippen molar-refractivity contribution in [1.29, 1.82) is 0 Å². The molecule has 1 unspecified atom stereocenters. The van der Waals surface area contributed by atoms with Crippen molar-refractivity contribution in [3.8, 4) is 11.1 Å². The van der Waals surface area contributed by atoms with Crippen molar-refractivity contribution < 1.29 is 9.21 Å². The second-order valence-corrected chi connectivity index (χ2v) is 7.60. The van der Waals surface area contributed by atoms with Gasteiger partial charge < -0.3 is 9.73 Å². The minimum absolute atomic E-state index is 0.158. The monoisotopic (exact) mass is 401 g/mol. The zero-order chi connectivity index (χ0) is 21.2. The molecule has 0 radical (unpaired) electrons. The number of aromatic nitrogens is 2. The van der Waals surface area contributed by atoms with E-state index in [-0.39, 0.29) is 17.0 Å². The zero-order valence-electron chi connectivity index (χ0n) is 16.7. The van der Waals surface area contributed by atoms with E-state index in [1.54, 1.807) is 7.05 Å². The van der Waals surface area contributed by atoms with Crippen molar-refractivity contribution in [2.24, 2.45) is 14.1 Å². The van der Waals surface area contributed by atoms with Crippen LogP contribution in [0.15, 0.2) is 62.5 Å². The molecule has 150 valence electrons. The van der Waals surface area contributed by atoms with Gasteiger partial charge in [-0.25, -0.2) is 4.79 Å². The first-order valence-corrected chi connectivity index (χ1v) is 9.57. The van der Waals surface area contributed by atoms with Crippen LogP contribution in [-0.2, 0) is 18.9 Å². The summed E-state index contributed by atoms with van der Waals surface area (Å²) in [6, 6.07) is 15.1. The van der Waals surface area contributed by atoms with Gasteiger partial charge in [-0.1, -0.05) is 48.0 Å². The Morgan fingerprint density at radius 1 is 0.933 bits per heavy atom. The van der Waals surface area contributed by atoms with Gasteiger partial charge in [0.1, 0.15) is 17.1 Å². The molecule has 0 saturated carbocycles. The quantitative estimate of drug-likeness (QED) is 0.560. The molecule has 1 aliphatic heterocycles. The molecule has 1 amide bonds. The number of amides is 1. The maximum absolute atomic E-state index is 13.1. The lowest BCUT2D eigenvalue weighted by Gasteiger charge is -2.09. The van der Waals surface area contributed by atoms with Crippen LogP contribution in [0.1, 0.15) is 22.8 Å². The van der Waals surface area contributed by atoms with Gasteiger partial charge in [-0.3, -0.25) is 18.7 Å². The van der Waals surface area contributed by atoms with Crippen LogP contribution in [0.3, 0.4) is 0 Å². The Hall–Kier alpha value is -3.87. The molecule has 0 spiro atoms. The lowest BCUT2D eigenvalue weighted by atomic mass is 9.91. The minimum atomic E-state index is -0.718. The van der Waals surface area contributed by atoms with E-state index < -0.39 is 17.2 Å². The van der Waals surface area contributed by atoms with Gasteiger partial charge in [0.2, 0.25) is 11.6 Å². The van der Waals surface area contributed by atoms with E-state index in [4.69, 9.17) is 4.42 Å². The fourth-order valence-corrected chi connectivity index (χ4v) is 4.12. The first-order valence-electron chi connectivity index (χ1n) is 9.57. The van der Waals surface area contributed by atoms with Crippen molar-refractivity contribution >= 4 is 22.7 Å². The molecule has 0 saturated heterocycles. The highest BCUT2D eigenvalue weighted by Gasteiger charge is 2.38. The molecule has 1 aliphatic rings. The first kappa shape index (κ1) is 18.2. The van der Waals surface area contributed by atoms with Crippen LogP contribution in [0.2, 0.25) is 0 Å². The number of aryl methyl sites for hydroxylation is 2. The third-order valence-electron chi connectivity index (χ3n) is 5.71. The standard InChI is InChI=1S/C23H19N3O4/c1-12-8-10-13(11-9-12)16-18-21(28)25(2)23(29)26(3)22(18)30-19(16)17-14-6-4-5-7-15(14)24-20(17)27/h4-11,17H,1-3H3,(H,24,27). The Morgan fingerprint density at radius 3 is 2.37 bits per heavy atom. The normalized spacial score (nSPS) is 15.4. The van der Waals surface area contributed by atoms with Crippen molar-refractivity contribution in [2.75, 3.05) is 5.32 Å². The van der Waals surface area contributed by atoms with E-state index in [1.165, 1.54) is 11.6 Å². The molecule has 3 heterocycles. The van der Waals surface area contributed by atoms with Gasteiger partial charge in [-0.05, 0) is 24.1 Å². The summed E-state index contributed by atoms with van der Waals surface area (Å²) in [5.74, 6) is -0.593. The highest BCUT2D eigenvalue weighted by Crippen LogP contribution is 2.44. The number of furan rings is 1. The zero-order valence-corrected chi connectivity index (χ0v) is 16.7. The molecule has 7 heteroatoms. The van der Waals surface area contributed by atoms with E-state index >= 15 is 0 Å². The predicted octanol–water partition coefficient (Wildman–Crippen LogP) is 2.89. The number of para-hydroxylation sites is 1. The molecule has 7 nitrogen and oxygen atoms in total. The summed E-state index contributed by atoms with van der Waals surface area (Å²) < 4.78 is 8.49. The van der Waals surface area contributed by atoms with Gasteiger partial charge in [0.05, 0.1) is 0 Å². The maximum Gasteiger partial charge on any atom is 0.333 e. The number of carbonyl (C=O) groups is 1. The number of rotatable bonds is 2. The molecule has 0 aliphatic carbocycles. The topological polar surface area (TPSA) is 86.2 Å². The van der Waals surface area contributed by atoms with Gasteiger partial charge >= 0.3 is 5.69 Å². The second kappa shape index (κ2) is 6.32. The van der Waals surface area contributed by atoms with Crippen LogP contribution in [0, 0.1) is 6.92 Å². The van der Waals surface area contributed by atoms with Crippen LogP contribution >= 0.6 is 0 Å². The molecule has 0 fully saturated rings. The summed E-state index contributed by atoms with van der Waals surface area (Å²) in [5, 5.41) is 3.17. The minimum Gasteiger partial charge on any atom is -0.442 e. The summed E-state index contributed by atoms with van der Waals surface area (Å²) in [5.41, 5.74) is 3.06. The van der Waals surface area contributed by atoms with Crippen molar-refractivity contribution in [1.82, 2.24) is 9.13 Å². The van der Waals surface area contributed by atoms with E-state index in [0.29, 0.717) is 17.0 Å². The van der Waals surface area contributed by atoms with Crippen LogP contribution in [-0.4, -0.2) is 15.0 Å². The molecular formula is C23H19N3O4. The molecular weight excluding hydrogens is 382 g/mol. The van der Waals surface area contributed by atoms with Crippen LogP contribution in [0.4, 0.5) is 5.69 Å². The molecule has 0 bridgehead atoms. The number of hydrogen-bond donors (Lipinski definition) is 1. The van der Waals surface area contributed by atoms with Crippen molar-refractivity contribution in [3.05, 3.63) is 86.3 Å². The summed E-state index contributed by atoms with van der Waals surface area (Å²) in [4.78, 5) is 38.5. The first-order chi connectivity index (χ1) is 14.4. The van der Waals surface area contributed by atoms with Crippen molar-refractivity contribution in [2.45, 2.75) is 12.8 Å². The third-order valence-corrected chi connectivity index (χ3v) is 5.71. The smallest absolute Gasteiger partial charge is 0.333 e. The van der Waals surface area contributed by atoms with E-state index in [9.17, 15) is 14.4 Å². The second-order valence-electron chi connectivity index (χ2n) is 7.60. The number of carbonyl (C=O) groups excluding carboxylic acids is 1. The molecule has 1 atom stereocenters. The molecule has 1 N–H and O–H groups in total. The highest BCUT2D eigenvalue weighted by molar-refractivity contribution is 6.07. The number of nitrogens with one attached hydrogen (secondary N) is 1. The molecule has 4 aromatic rings. The lowest BCUT2D eigenvalue weighted by molar-refractivity contribution is -0.116. The van der Waals surface area contributed by atoms with Crippen LogP contribution in [0.25, 0.3) is 22.2 Å². The third kappa shape index (κ3) is 2.41. The van der Waals surface area contributed by atoms with Gasteiger partial charge in [-0.2, -0.15) is 0 Å². The number of anilines is 1. The van der Waals surface area contributed by atoms with Crippen molar-refractivity contribution in [3.63, 3.8) is 0 Å². The van der Waals surface area contributed by atoms with E-state index in [2.05, 4.69) is 5.32 Å². The largest absolute Gasteiger partial charge is 0.442 e. The predicted molar refractivity (Wildman–Crippen MR) is 114 cm³/mol. The van der Waals surface area contributed by atoms with Gasteiger partial charge in [0.15, 0.2) is 0 Å². The summed E-state index contributed by atoms with van der Waals surface area (Å²) >= 11 is 0. The molecule has 30 heavy (non-hydrogen) atoms. The van der Waals surface area contributed by atoms with Gasteiger partial charge in [0, 0.05) is 25.3 Å². The summed E-state index contributed by atoms with van der Waals surface area (Å²) in [6.07, 6.45) is 0. The number of benzene rings is 2. The Kier molecular flexibility index (Phi) is 3.83. The Balaban J connectivity index is 1.93. The summed E-state index contributed by atoms with van der Waals surface area (Å²) in [6.45, 7) is 1.97. The number of fused-ring (bicyclic) bond motifs is 2. The van der Waals surface area contributed by atoms with Gasteiger partial charge in [0.25, 0.3) is 5.56 Å². The van der Waals surface area contributed by atoms with Crippen LogP contribution < -0.4 is 16.6 Å². The average Bonchev–Trinajstić information content (AvgIpc) is 3.28. The van der Waals surface area contributed by atoms with Gasteiger partial charge in [-0.15, -0.1) is 0 Å². The van der Waals surface area contributed by atoms with E-state index in [0.717, 1.165) is 21.3 Å². The fourth-order valence-electron chi connectivity index (χ4n) is 4.12. The van der Waals surface area contributed by atoms with E-state index in [1.807, 2.05) is 55.5 Å². The Bertz CT molecular complexity index is 1460.